The van der Waals surface area contributed by atoms with E-state index >= 15 is 0 Å². The van der Waals surface area contributed by atoms with Crippen molar-refractivity contribution in [1.82, 2.24) is 4.31 Å². The summed E-state index contributed by atoms with van der Waals surface area (Å²) in [5.74, 6) is -0.432. The molecule has 5 nitrogen and oxygen atoms in total. The van der Waals surface area contributed by atoms with E-state index < -0.39 is 10.0 Å². The van der Waals surface area contributed by atoms with Gasteiger partial charge in [-0.2, -0.15) is 0 Å². The van der Waals surface area contributed by atoms with Crippen LogP contribution in [0.2, 0.25) is 10.0 Å². The van der Waals surface area contributed by atoms with Crippen LogP contribution in [-0.4, -0.2) is 31.7 Å². The Labute approximate surface area is 182 Å². The molecule has 156 valence electrons. The highest BCUT2D eigenvalue weighted by atomic mass is 35.5. The van der Waals surface area contributed by atoms with Crippen molar-refractivity contribution in [1.29, 1.82) is 0 Å². The van der Waals surface area contributed by atoms with Crippen LogP contribution in [0.15, 0.2) is 42.5 Å². The molecule has 0 unspecified atom stereocenters. The molecule has 0 bridgehead atoms. The lowest BCUT2D eigenvalue weighted by atomic mass is 9.97. The second kappa shape index (κ2) is 9.47. The summed E-state index contributed by atoms with van der Waals surface area (Å²) >= 11 is 12.0. The largest absolute Gasteiger partial charge is 0.326 e. The number of halogens is 2. The second-order valence-corrected chi connectivity index (χ2v) is 9.98. The summed E-state index contributed by atoms with van der Waals surface area (Å²) in [5.41, 5.74) is 2.43. The summed E-state index contributed by atoms with van der Waals surface area (Å²) < 4.78 is 27.0. The molecule has 1 N–H and O–H groups in total. The molecule has 1 fully saturated rings. The molecule has 0 radical (unpaired) electrons. The van der Waals surface area contributed by atoms with Crippen LogP contribution in [0.5, 0.6) is 0 Å². The highest BCUT2D eigenvalue weighted by molar-refractivity contribution is 7.88. The Morgan fingerprint density at radius 1 is 1.10 bits per heavy atom. The van der Waals surface area contributed by atoms with Crippen molar-refractivity contribution in [3.05, 3.63) is 63.6 Å². The highest BCUT2D eigenvalue weighted by Gasteiger charge is 2.31. The first-order valence-corrected chi connectivity index (χ1v) is 12.0. The monoisotopic (exact) mass is 454 g/mol. The lowest BCUT2D eigenvalue weighted by molar-refractivity contribution is -0.120. The van der Waals surface area contributed by atoms with Gasteiger partial charge in [-0.05, 0) is 48.6 Å². The van der Waals surface area contributed by atoms with Crippen LogP contribution in [-0.2, 0) is 27.0 Å². The zero-order chi connectivity index (χ0) is 21.0. The Morgan fingerprint density at radius 3 is 2.45 bits per heavy atom. The molecule has 0 atom stereocenters. The molecule has 1 amide bonds. The van der Waals surface area contributed by atoms with Crippen LogP contribution in [0.3, 0.4) is 0 Å². The number of carbonyl (C=O) groups is 1. The van der Waals surface area contributed by atoms with Gasteiger partial charge >= 0.3 is 0 Å². The fraction of sp³-hybridized carbons (Fsp3) is 0.381. The molecule has 0 aromatic heterocycles. The van der Waals surface area contributed by atoms with E-state index in [1.54, 1.807) is 18.2 Å². The number of sulfonamides is 1. The van der Waals surface area contributed by atoms with Gasteiger partial charge in [0.25, 0.3) is 0 Å². The molecule has 8 heteroatoms. The number of nitrogens with zero attached hydrogens (tertiary/aromatic N) is 1. The number of piperidine rings is 1. The molecule has 0 aliphatic carbocycles. The van der Waals surface area contributed by atoms with E-state index in [-0.39, 0.29) is 17.6 Å². The fourth-order valence-electron chi connectivity index (χ4n) is 3.51. The summed E-state index contributed by atoms with van der Waals surface area (Å²) in [4.78, 5) is 12.7. The van der Waals surface area contributed by atoms with Crippen LogP contribution in [0.1, 0.15) is 30.9 Å². The summed E-state index contributed by atoms with van der Waals surface area (Å²) in [5, 5.41) is 3.80. The summed E-state index contributed by atoms with van der Waals surface area (Å²) in [6, 6.07) is 12.5. The Balaban J connectivity index is 1.60. The summed E-state index contributed by atoms with van der Waals surface area (Å²) in [6.45, 7) is 2.68. The van der Waals surface area contributed by atoms with Crippen molar-refractivity contribution >= 4 is 44.8 Å². The fourth-order valence-corrected chi connectivity index (χ4v) is 5.66. The van der Waals surface area contributed by atoms with Crippen LogP contribution in [0, 0.1) is 5.92 Å². The third kappa shape index (κ3) is 5.51. The molecular weight excluding hydrogens is 431 g/mol. The van der Waals surface area contributed by atoms with Crippen molar-refractivity contribution in [2.24, 2.45) is 5.92 Å². The number of aryl methyl sites for hydroxylation is 1. The van der Waals surface area contributed by atoms with Crippen molar-refractivity contribution in [2.75, 3.05) is 18.4 Å². The predicted molar refractivity (Wildman–Crippen MR) is 118 cm³/mol. The molecule has 0 spiro atoms. The molecule has 2 aromatic carbocycles. The quantitative estimate of drug-likeness (QED) is 0.685. The van der Waals surface area contributed by atoms with Crippen molar-refractivity contribution in [2.45, 2.75) is 31.9 Å². The Morgan fingerprint density at radius 2 is 1.79 bits per heavy atom. The lowest BCUT2D eigenvalue weighted by Gasteiger charge is -2.30. The number of anilines is 1. The van der Waals surface area contributed by atoms with Gasteiger partial charge in [-0.3, -0.25) is 4.79 Å². The molecule has 1 aliphatic rings. The molecule has 2 aromatic rings. The lowest BCUT2D eigenvalue weighted by Crippen LogP contribution is -2.42. The van der Waals surface area contributed by atoms with Gasteiger partial charge in [-0.15, -0.1) is 0 Å². The van der Waals surface area contributed by atoms with Gasteiger partial charge in [0, 0.05) is 34.7 Å². The van der Waals surface area contributed by atoms with Crippen LogP contribution < -0.4 is 5.32 Å². The predicted octanol–water partition coefficient (Wildman–Crippen LogP) is 4.74. The number of rotatable bonds is 6. The standard InChI is InChI=1S/C21H24Cl2N2O3S/c1-2-15-5-3-4-6-20(15)24-21(26)16-9-11-25(12-10-16)29(27,28)14-17-7-8-18(22)13-19(17)23/h3-8,13,16H,2,9-12,14H2,1H3,(H,24,26). The van der Waals surface area contributed by atoms with E-state index in [1.165, 1.54) is 4.31 Å². The smallest absolute Gasteiger partial charge is 0.227 e. The topological polar surface area (TPSA) is 66.5 Å². The number of hydrogen-bond donors (Lipinski definition) is 1. The van der Waals surface area contributed by atoms with E-state index in [1.807, 2.05) is 31.2 Å². The Hall–Kier alpha value is -1.60. The molecule has 3 rings (SSSR count). The van der Waals surface area contributed by atoms with E-state index in [2.05, 4.69) is 5.32 Å². The van der Waals surface area contributed by atoms with Crippen LogP contribution in [0.25, 0.3) is 0 Å². The van der Waals surface area contributed by atoms with Gasteiger partial charge < -0.3 is 5.32 Å². The zero-order valence-electron chi connectivity index (χ0n) is 16.2. The summed E-state index contributed by atoms with van der Waals surface area (Å²) in [6.07, 6.45) is 1.82. The van der Waals surface area contributed by atoms with Crippen molar-refractivity contribution in [3.8, 4) is 0 Å². The van der Waals surface area contributed by atoms with Gasteiger partial charge in [-0.1, -0.05) is 54.4 Å². The first kappa shape index (κ1) is 22.1. The Bertz CT molecular complexity index is 987. The maximum Gasteiger partial charge on any atom is 0.227 e. The van der Waals surface area contributed by atoms with Crippen molar-refractivity contribution < 1.29 is 13.2 Å². The van der Waals surface area contributed by atoms with Gasteiger partial charge in [0.15, 0.2) is 0 Å². The van der Waals surface area contributed by atoms with E-state index in [0.717, 1.165) is 17.7 Å². The summed E-state index contributed by atoms with van der Waals surface area (Å²) in [7, 11) is -3.52. The number of carbonyl (C=O) groups excluding carboxylic acids is 1. The average molecular weight is 455 g/mol. The van der Waals surface area contributed by atoms with E-state index in [0.29, 0.717) is 41.5 Å². The second-order valence-electron chi connectivity index (χ2n) is 7.17. The van der Waals surface area contributed by atoms with Crippen molar-refractivity contribution in [3.63, 3.8) is 0 Å². The first-order chi connectivity index (χ1) is 13.8. The number of hydrogen-bond acceptors (Lipinski definition) is 3. The number of para-hydroxylation sites is 1. The number of nitrogens with one attached hydrogen (secondary N) is 1. The zero-order valence-corrected chi connectivity index (χ0v) is 18.5. The minimum Gasteiger partial charge on any atom is -0.326 e. The molecule has 29 heavy (non-hydrogen) atoms. The number of amides is 1. The van der Waals surface area contributed by atoms with Crippen LogP contribution in [0.4, 0.5) is 5.69 Å². The molecule has 1 aliphatic heterocycles. The SMILES string of the molecule is CCc1ccccc1NC(=O)C1CCN(S(=O)(=O)Cc2ccc(Cl)cc2Cl)CC1. The molecule has 1 heterocycles. The minimum atomic E-state index is -3.52. The maximum atomic E-state index is 12.8. The first-order valence-electron chi connectivity index (χ1n) is 9.60. The number of benzene rings is 2. The third-order valence-electron chi connectivity index (χ3n) is 5.23. The van der Waals surface area contributed by atoms with E-state index in [9.17, 15) is 13.2 Å². The van der Waals surface area contributed by atoms with E-state index in [4.69, 9.17) is 23.2 Å². The maximum absolute atomic E-state index is 12.8. The van der Waals surface area contributed by atoms with Crippen LogP contribution >= 0.6 is 23.2 Å². The normalized spacial score (nSPS) is 16.0. The Kier molecular flexibility index (Phi) is 7.22. The molecular formula is C21H24Cl2N2O3S. The molecule has 0 saturated carbocycles. The highest BCUT2D eigenvalue weighted by Crippen LogP contribution is 2.27. The van der Waals surface area contributed by atoms with Gasteiger partial charge in [0.2, 0.25) is 15.9 Å². The molecule has 1 saturated heterocycles. The van der Waals surface area contributed by atoms with Gasteiger partial charge in [-0.25, -0.2) is 12.7 Å². The minimum absolute atomic E-state index is 0.0521. The van der Waals surface area contributed by atoms with Gasteiger partial charge in [0.05, 0.1) is 5.75 Å². The third-order valence-corrected chi connectivity index (χ3v) is 7.64. The average Bonchev–Trinajstić information content (AvgIpc) is 2.70. The van der Waals surface area contributed by atoms with Gasteiger partial charge in [0.1, 0.15) is 0 Å².